The number of halogens is 3. The van der Waals surface area contributed by atoms with Crippen LogP contribution in [0.4, 0.5) is 18.9 Å². The largest absolute Gasteiger partial charge is 0.508 e. The van der Waals surface area contributed by atoms with E-state index in [1.807, 2.05) is 0 Å². The minimum atomic E-state index is -2.97. The van der Waals surface area contributed by atoms with Gasteiger partial charge in [0, 0.05) is 23.1 Å². The number of rotatable bonds is 4. The highest BCUT2D eigenvalue weighted by atomic mass is 19.3. The second-order valence-corrected chi connectivity index (χ2v) is 9.44. The lowest BCUT2D eigenvalue weighted by atomic mass is 9.57. The fraction of sp³-hybridized carbons (Fsp3) is 0.348. The number of primary amides is 1. The third kappa shape index (κ3) is 3.42. The number of amides is 1. The van der Waals surface area contributed by atoms with Gasteiger partial charge in [0.2, 0.25) is 11.5 Å². The number of nitro groups is 1. The predicted molar refractivity (Wildman–Crippen MR) is 121 cm³/mol. The Balaban J connectivity index is 2.06. The number of nitrogens with two attached hydrogens (primary N) is 1. The SMILES string of the molecule is CN(C)[C@@H]1C(=O)C(C(N)=O)=C(O)[C@@]2(O)C(=O)C3=C(O)c4c(O)c([N+](=O)[O-])cc(C(F)=C(F)F)c4C[C@H]3C[C@@H]12. The predicted octanol–water partition coefficient (Wildman–Crippen LogP) is 1.41. The van der Waals surface area contributed by atoms with Gasteiger partial charge in [-0.2, -0.15) is 8.78 Å². The number of likely N-dealkylation sites (N-methyl/N-ethyl adjacent to an activating group) is 1. The summed E-state index contributed by atoms with van der Waals surface area (Å²) in [5.41, 5.74) is -3.11. The van der Waals surface area contributed by atoms with Crippen LogP contribution >= 0.6 is 0 Å². The van der Waals surface area contributed by atoms with Crippen LogP contribution in [0.15, 0.2) is 29.1 Å². The van der Waals surface area contributed by atoms with Crippen LogP contribution in [0.3, 0.4) is 0 Å². The van der Waals surface area contributed by atoms with E-state index in [1.165, 1.54) is 19.0 Å². The number of aliphatic hydroxyl groups is 3. The molecule has 0 spiro atoms. The Morgan fingerprint density at radius 1 is 1.21 bits per heavy atom. The van der Waals surface area contributed by atoms with E-state index >= 15 is 0 Å². The molecule has 0 unspecified atom stereocenters. The molecular weight excluding hydrogens is 519 g/mol. The number of carbonyl (C=O) groups excluding carboxylic acids is 3. The highest BCUT2D eigenvalue weighted by Crippen LogP contribution is 2.54. The molecule has 4 atom stereocenters. The molecule has 1 fully saturated rings. The molecule has 3 aliphatic carbocycles. The summed E-state index contributed by atoms with van der Waals surface area (Å²) in [6.45, 7) is 0. The second-order valence-electron chi connectivity index (χ2n) is 9.44. The van der Waals surface area contributed by atoms with Gasteiger partial charge in [0.1, 0.15) is 17.1 Å². The minimum Gasteiger partial charge on any atom is -0.508 e. The van der Waals surface area contributed by atoms with Crippen LogP contribution in [-0.4, -0.2) is 73.5 Å². The highest BCUT2D eigenvalue weighted by Gasteiger charge is 2.64. The van der Waals surface area contributed by atoms with Crippen molar-refractivity contribution in [3.05, 3.63) is 55.9 Å². The van der Waals surface area contributed by atoms with Gasteiger partial charge in [0.05, 0.1) is 16.5 Å². The molecule has 1 aromatic rings. The van der Waals surface area contributed by atoms with Crippen LogP contribution in [0.1, 0.15) is 23.1 Å². The van der Waals surface area contributed by atoms with Gasteiger partial charge in [0.25, 0.3) is 5.91 Å². The molecule has 202 valence electrons. The van der Waals surface area contributed by atoms with Crippen molar-refractivity contribution in [2.45, 2.75) is 24.5 Å². The smallest absolute Gasteiger partial charge is 0.312 e. The molecule has 0 aromatic heterocycles. The van der Waals surface area contributed by atoms with E-state index in [9.17, 15) is 58.1 Å². The normalized spacial score (nSPS) is 26.7. The number of nitro benzene ring substituents is 1. The summed E-state index contributed by atoms with van der Waals surface area (Å²) in [5, 5.41) is 55.2. The lowest BCUT2D eigenvalue weighted by Crippen LogP contribution is -2.65. The first-order valence-corrected chi connectivity index (χ1v) is 11.0. The summed E-state index contributed by atoms with van der Waals surface area (Å²) in [5.74, 6) is -12.5. The molecule has 1 saturated carbocycles. The van der Waals surface area contributed by atoms with E-state index in [0.717, 1.165) is 0 Å². The maximum absolute atomic E-state index is 14.5. The fourth-order valence-corrected chi connectivity index (χ4v) is 5.73. The Bertz CT molecular complexity index is 1440. The summed E-state index contributed by atoms with van der Waals surface area (Å²) in [6, 6.07) is -1.03. The number of phenolic OH excluding ortho intramolecular Hbond substituents is 1. The van der Waals surface area contributed by atoms with Crippen molar-refractivity contribution in [1.82, 2.24) is 4.90 Å². The second kappa shape index (κ2) is 8.66. The Hall–Kier alpha value is -4.24. The molecule has 0 heterocycles. The van der Waals surface area contributed by atoms with Gasteiger partial charge in [-0.15, -0.1) is 0 Å². The van der Waals surface area contributed by atoms with Crippen LogP contribution in [-0.2, 0) is 20.8 Å². The van der Waals surface area contributed by atoms with E-state index in [2.05, 4.69) is 0 Å². The Morgan fingerprint density at radius 2 is 1.82 bits per heavy atom. The lowest BCUT2D eigenvalue weighted by molar-refractivity contribution is -0.385. The number of Topliss-reactive ketones (excluding diaryl/α,β-unsaturated/α-hetero) is 2. The first-order valence-electron chi connectivity index (χ1n) is 11.0. The summed E-state index contributed by atoms with van der Waals surface area (Å²) >= 11 is 0. The summed E-state index contributed by atoms with van der Waals surface area (Å²) in [6.07, 6.45) is -3.75. The standard InChI is InChI=1S/C23H20F3N3O9/c1-28(2)15-9-4-6-3-7-8(14(24)21(25)26)5-10(29(37)38)16(30)12(7)17(31)11(6)19(33)23(9,36)20(34)13(18(15)32)22(27)35/h5-6,9,15,30-31,34,36H,3-4H2,1-2H3,(H2,27,35)/t6-,9-,15-,23-/m0/s1. The van der Waals surface area contributed by atoms with Gasteiger partial charge in [-0.1, -0.05) is 0 Å². The van der Waals surface area contributed by atoms with Crippen molar-refractivity contribution >= 4 is 34.7 Å². The van der Waals surface area contributed by atoms with Gasteiger partial charge in [-0.05, 0) is 38.4 Å². The van der Waals surface area contributed by atoms with Crippen LogP contribution in [0.5, 0.6) is 5.75 Å². The molecule has 0 saturated heterocycles. The fourth-order valence-electron chi connectivity index (χ4n) is 5.73. The van der Waals surface area contributed by atoms with Crippen molar-refractivity contribution in [2.24, 2.45) is 17.6 Å². The number of benzene rings is 1. The van der Waals surface area contributed by atoms with Crippen LogP contribution < -0.4 is 5.73 Å². The topological polar surface area (TPSA) is 205 Å². The molecule has 0 bridgehead atoms. The number of fused-ring (bicyclic) bond motifs is 3. The number of hydrogen-bond donors (Lipinski definition) is 5. The quantitative estimate of drug-likeness (QED) is 0.211. The molecular formula is C23H20F3N3O9. The number of carbonyl (C=O) groups is 3. The molecule has 15 heteroatoms. The van der Waals surface area contributed by atoms with Gasteiger partial charge in [0.15, 0.2) is 17.2 Å². The van der Waals surface area contributed by atoms with E-state index in [1.54, 1.807) is 0 Å². The van der Waals surface area contributed by atoms with Crippen LogP contribution in [0.25, 0.3) is 11.6 Å². The molecule has 12 nitrogen and oxygen atoms in total. The summed E-state index contributed by atoms with van der Waals surface area (Å²) in [4.78, 5) is 50.1. The van der Waals surface area contributed by atoms with Crippen LogP contribution in [0.2, 0.25) is 0 Å². The third-order valence-electron chi connectivity index (χ3n) is 7.30. The zero-order valence-corrected chi connectivity index (χ0v) is 19.7. The highest BCUT2D eigenvalue weighted by molar-refractivity contribution is 6.24. The average Bonchev–Trinajstić information content (AvgIpc) is 2.80. The summed E-state index contributed by atoms with van der Waals surface area (Å²) in [7, 11) is 2.76. The number of hydrogen-bond acceptors (Lipinski definition) is 10. The zero-order chi connectivity index (χ0) is 28.6. The van der Waals surface area contributed by atoms with E-state index < -0.39 is 115 Å². The van der Waals surface area contributed by atoms with Gasteiger partial charge < -0.3 is 26.2 Å². The number of aliphatic hydroxyl groups excluding tert-OH is 2. The molecule has 1 aromatic carbocycles. The number of nitrogens with zero attached hydrogens (tertiary/aromatic N) is 2. The maximum Gasteiger partial charge on any atom is 0.312 e. The molecule has 0 radical (unpaired) electrons. The van der Waals surface area contributed by atoms with Crippen molar-refractivity contribution < 1.29 is 52.9 Å². The van der Waals surface area contributed by atoms with Gasteiger partial charge in [-0.3, -0.25) is 29.4 Å². The minimum absolute atomic E-state index is 0.363. The molecule has 4 rings (SSSR count). The van der Waals surface area contributed by atoms with E-state index in [-0.39, 0.29) is 6.42 Å². The van der Waals surface area contributed by atoms with Crippen molar-refractivity contribution in [2.75, 3.05) is 14.1 Å². The van der Waals surface area contributed by atoms with E-state index in [0.29, 0.717) is 6.07 Å². The summed E-state index contributed by atoms with van der Waals surface area (Å²) < 4.78 is 40.9. The number of aromatic hydroxyl groups is 1. The van der Waals surface area contributed by atoms with Crippen molar-refractivity contribution in [3.8, 4) is 5.75 Å². The average molecular weight is 539 g/mol. The van der Waals surface area contributed by atoms with Crippen molar-refractivity contribution in [3.63, 3.8) is 0 Å². The monoisotopic (exact) mass is 539 g/mol. The third-order valence-corrected chi connectivity index (χ3v) is 7.30. The van der Waals surface area contributed by atoms with E-state index in [4.69, 9.17) is 5.73 Å². The van der Waals surface area contributed by atoms with Gasteiger partial charge >= 0.3 is 11.8 Å². The number of phenols is 1. The van der Waals surface area contributed by atoms with Crippen molar-refractivity contribution in [1.29, 1.82) is 0 Å². The molecule has 3 aliphatic rings. The maximum atomic E-state index is 14.5. The molecule has 6 N–H and O–H groups in total. The Labute approximate surface area is 210 Å². The Kier molecular flexibility index (Phi) is 6.11. The first-order chi connectivity index (χ1) is 17.6. The first kappa shape index (κ1) is 26.8. The van der Waals surface area contributed by atoms with Gasteiger partial charge in [-0.25, -0.2) is 4.39 Å². The lowest BCUT2D eigenvalue weighted by Gasteiger charge is -2.50. The Morgan fingerprint density at radius 3 is 2.32 bits per heavy atom. The zero-order valence-electron chi connectivity index (χ0n) is 19.7. The molecule has 0 aliphatic heterocycles. The molecule has 38 heavy (non-hydrogen) atoms. The number of ketones is 2. The molecule has 1 amide bonds. The van der Waals surface area contributed by atoms with Crippen LogP contribution in [0, 0.1) is 22.0 Å².